The van der Waals surface area contributed by atoms with Crippen molar-refractivity contribution in [1.82, 2.24) is 0 Å². The number of carbonyl (C=O) groups excluding carboxylic acids is 1. The van der Waals surface area contributed by atoms with Gasteiger partial charge in [-0.2, -0.15) is 5.10 Å². The third-order valence-electron chi connectivity index (χ3n) is 3.10. The first-order chi connectivity index (χ1) is 12.5. The number of rotatable bonds is 8. The Bertz CT molecular complexity index is 809. The Morgan fingerprint density at radius 3 is 2.69 bits per heavy atom. The maximum atomic E-state index is 11.4. The van der Waals surface area contributed by atoms with Crippen LogP contribution in [0.3, 0.4) is 0 Å². The third kappa shape index (κ3) is 5.85. The van der Waals surface area contributed by atoms with Gasteiger partial charge in [0.2, 0.25) is 0 Å². The highest BCUT2D eigenvalue weighted by Gasteiger charge is 2.07. The molecule has 2 rings (SSSR count). The maximum absolute atomic E-state index is 11.4. The van der Waals surface area contributed by atoms with Crippen LogP contribution in [0.2, 0.25) is 0 Å². The molecule has 2 aromatic rings. The molecule has 136 valence electrons. The van der Waals surface area contributed by atoms with E-state index < -0.39 is 10.9 Å². The molecule has 0 amide bonds. The summed E-state index contributed by atoms with van der Waals surface area (Å²) < 4.78 is 11.1. The van der Waals surface area contributed by atoms with Gasteiger partial charge in [-0.05, 0) is 37.3 Å². The lowest BCUT2D eigenvalue weighted by molar-refractivity contribution is -0.384. The van der Waals surface area contributed by atoms with E-state index in [1.807, 2.05) is 0 Å². The molecule has 2 aromatic carbocycles. The van der Waals surface area contributed by atoms with Crippen LogP contribution < -0.4 is 10.2 Å². The van der Waals surface area contributed by atoms with E-state index in [0.717, 1.165) is 4.47 Å². The average molecular weight is 422 g/mol. The molecule has 0 aliphatic rings. The van der Waals surface area contributed by atoms with Crippen LogP contribution in [-0.2, 0) is 9.53 Å². The van der Waals surface area contributed by atoms with Crippen LogP contribution in [0.25, 0.3) is 0 Å². The molecule has 0 radical (unpaired) electrons. The number of hydrogen-bond donors (Lipinski definition) is 1. The summed E-state index contributed by atoms with van der Waals surface area (Å²) >= 11 is 3.37. The van der Waals surface area contributed by atoms with Crippen LogP contribution in [0.15, 0.2) is 52.0 Å². The number of hydrogen-bond acceptors (Lipinski definition) is 7. The number of non-ortho nitro benzene ring substituents is 1. The summed E-state index contributed by atoms with van der Waals surface area (Å²) in [6, 6.07) is 11.1. The van der Waals surface area contributed by atoms with Crippen molar-refractivity contribution in [3.63, 3.8) is 0 Å². The van der Waals surface area contributed by atoms with E-state index >= 15 is 0 Å². The minimum atomic E-state index is -0.471. The lowest BCUT2D eigenvalue weighted by Crippen LogP contribution is -2.15. The second kappa shape index (κ2) is 9.52. The van der Waals surface area contributed by atoms with Crippen LogP contribution in [0, 0.1) is 10.1 Å². The minimum Gasteiger partial charge on any atom is -0.481 e. The molecule has 0 fully saturated rings. The molecular weight excluding hydrogens is 406 g/mol. The number of esters is 1. The third-order valence-corrected chi connectivity index (χ3v) is 3.59. The zero-order valence-corrected chi connectivity index (χ0v) is 15.4. The molecule has 0 aliphatic carbocycles. The fourth-order valence-corrected chi connectivity index (χ4v) is 2.30. The fourth-order valence-electron chi connectivity index (χ4n) is 1.93. The summed E-state index contributed by atoms with van der Waals surface area (Å²) in [5.74, 6) is 0.0119. The van der Waals surface area contributed by atoms with Gasteiger partial charge in [0.15, 0.2) is 6.61 Å². The summed E-state index contributed by atoms with van der Waals surface area (Å²) in [6.45, 7) is 1.81. The molecule has 0 unspecified atom stereocenters. The Morgan fingerprint density at radius 2 is 2.04 bits per heavy atom. The molecule has 0 atom stereocenters. The predicted molar refractivity (Wildman–Crippen MR) is 101 cm³/mol. The smallest absolute Gasteiger partial charge is 0.344 e. The van der Waals surface area contributed by atoms with Gasteiger partial charge in [-0.25, -0.2) is 4.79 Å². The second-order valence-electron chi connectivity index (χ2n) is 4.95. The van der Waals surface area contributed by atoms with Crippen LogP contribution in [0.5, 0.6) is 5.75 Å². The summed E-state index contributed by atoms with van der Waals surface area (Å²) in [4.78, 5) is 21.6. The topological polar surface area (TPSA) is 103 Å². The molecule has 9 heteroatoms. The molecule has 0 spiro atoms. The van der Waals surface area contributed by atoms with E-state index in [1.54, 1.807) is 37.3 Å². The largest absolute Gasteiger partial charge is 0.481 e. The van der Waals surface area contributed by atoms with E-state index in [0.29, 0.717) is 17.0 Å². The van der Waals surface area contributed by atoms with Crippen LogP contribution >= 0.6 is 15.9 Å². The first kappa shape index (κ1) is 19.4. The molecule has 0 aromatic heterocycles. The molecular formula is C17H16BrN3O5. The number of hydrazone groups is 1. The lowest BCUT2D eigenvalue weighted by Gasteiger charge is -2.09. The van der Waals surface area contributed by atoms with Crippen molar-refractivity contribution in [2.45, 2.75) is 6.92 Å². The second-order valence-corrected chi connectivity index (χ2v) is 5.87. The highest BCUT2D eigenvalue weighted by Crippen LogP contribution is 2.22. The number of anilines is 1. The van der Waals surface area contributed by atoms with Crippen molar-refractivity contribution in [2.75, 3.05) is 18.6 Å². The SMILES string of the molecule is CCOC(=O)COc1ccc(Br)cc1/C=N/Nc1ccc([N+](=O)[O-])cc1. The van der Waals surface area contributed by atoms with Gasteiger partial charge >= 0.3 is 5.97 Å². The monoisotopic (exact) mass is 421 g/mol. The summed E-state index contributed by atoms with van der Waals surface area (Å²) in [5.41, 5.74) is 4.01. The number of nitro benzene ring substituents is 1. The van der Waals surface area contributed by atoms with E-state index in [2.05, 4.69) is 26.5 Å². The Balaban J connectivity index is 2.04. The molecule has 0 heterocycles. The summed E-state index contributed by atoms with van der Waals surface area (Å²) in [7, 11) is 0. The molecule has 0 bridgehead atoms. The van der Waals surface area contributed by atoms with Gasteiger partial charge in [0.25, 0.3) is 5.69 Å². The van der Waals surface area contributed by atoms with Crippen LogP contribution in [-0.4, -0.2) is 30.3 Å². The number of halogens is 1. The Labute approximate surface area is 158 Å². The van der Waals surface area contributed by atoms with E-state index in [-0.39, 0.29) is 18.9 Å². The summed E-state index contributed by atoms with van der Waals surface area (Å²) in [5, 5.41) is 14.7. The number of benzene rings is 2. The van der Waals surface area contributed by atoms with Gasteiger partial charge < -0.3 is 9.47 Å². The van der Waals surface area contributed by atoms with Gasteiger partial charge in [0.1, 0.15) is 5.75 Å². The molecule has 8 nitrogen and oxygen atoms in total. The Morgan fingerprint density at radius 1 is 1.31 bits per heavy atom. The number of nitrogens with one attached hydrogen (secondary N) is 1. The van der Waals surface area contributed by atoms with Gasteiger partial charge in [0, 0.05) is 22.2 Å². The Hall–Kier alpha value is -2.94. The van der Waals surface area contributed by atoms with Crippen molar-refractivity contribution in [3.05, 3.63) is 62.6 Å². The maximum Gasteiger partial charge on any atom is 0.344 e. The number of nitrogens with zero attached hydrogens (tertiary/aromatic N) is 2. The normalized spacial score (nSPS) is 10.5. The number of carbonyl (C=O) groups is 1. The van der Waals surface area contributed by atoms with Gasteiger partial charge in [-0.15, -0.1) is 0 Å². The number of ether oxygens (including phenoxy) is 2. The van der Waals surface area contributed by atoms with Gasteiger partial charge in [-0.3, -0.25) is 15.5 Å². The molecule has 0 aliphatic heterocycles. The van der Waals surface area contributed by atoms with Crippen molar-refractivity contribution >= 4 is 39.5 Å². The molecule has 0 saturated heterocycles. The first-order valence-electron chi connectivity index (χ1n) is 7.61. The molecule has 0 saturated carbocycles. The predicted octanol–water partition coefficient (Wildman–Crippen LogP) is 3.75. The zero-order chi connectivity index (χ0) is 18.9. The highest BCUT2D eigenvalue weighted by molar-refractivity contribution is 9.10. The Kier molecular flexibility index (Phi) is 7.10. The average Bonchev–Trinajstić information content (AvgIpc) is 2.61. The van der Waals surface area contributed by atoms with Crippen molar-refractivity contribution in [3.8, 4) is 5.75 Å². The summed E-state index contributed by atoms with van der Waals surface area (Å²) in [6.07, 6.45) is 1.52. The standard InChI is InChI=1S/C17H16BrN3O5/c1-2-25-17(22)11-26-16-8-3-13(18)9-12(16)10-19-20-14-4-6-15(7-5-14)21(23)24/h3-10,20H,2,11H2,1H3/b19-10+. The highest BCUT2D eigenvalue weighted by atomic mass is 79.9. The quantitative estimate of drug-likeness (QED) is 0.301. The fraction of sp³-hybridized carbons (Fsp3) is 0.176. The van der Waals surface area contributed by atoms with Crippen molar-refractivity contribution in [2.24, 2.45) is 5.10 Å². The van der Waals surface area contributed by atoms with Crippen LogP contribution in [0.1, 0.15) is 12.5 Å². The van der Waals surface area contributed by atoms with Gasteiger partial charge in [-0.1, -0.05) is 15.9 Å². The molecule has 1 N–H and O–H groups in total. The van der Waals surface area contributed by atoms with Crippen LogP contribution in [0.4, 0.5) is 11.4 Å². The molecule has 26 heavy (non-hydrogen) atoms. The van der Waals surface area contributed by atoms with Gasteiger partial charge in [0.05, 0.1) is 23.4 Å². The first-order valence-corrected chi connectivity index (χ1v) is 8.40. The lowest BCUT2D eigenvalue weighted by atomic mass is 10.2. The van der Waals surface area contributed by atoms with E-state index in [1.165, 1.54) is 18.3 Å². The van der Waals surface area contributed by atoms with Crippen molar-refractivity contribution < 1.29 is 19.2 Å². The minimum absolute atomic E-state index is 0.00108. The van der Waals surface area contributed by atoms with Crippen molar-refractivity contribution in [1.29, 1.82) is 0 Å². The zero-order valence-electron chi connectivity index (χ0n) is 13.8. The van der Waals surface area contributed by atoms with E-state index in [4.69, 9.17) is 9.47 Å². The number of nitro groups is 1. The van der Waals surface area contributed by atoms with E-state index in [9.17, 15) is 14.9 Å².